The Labute approximate surface area is 239 Å². The lowest BCUT2D eigenvalue weighted by Crippen LogP contribution is -2.49. The summed E-state index contributed by atoms with van der Waals surface area (Å²) in [6, 6.07) is 16.4. The Hall–Kier alpha value is -2.35. The Balaban J connectivity index is 1.43. The number of carbonyl (C=O) groups is 2. The van der Waals surface area contributed by atoms with Gasteiger partial charge in [0, 0.05) is 52.3 Å². The van der Waals surface area contributed by atoms with Crippen molar-refractivity contribution >= 4 is 57.4 Å². The lowest BCUT2D eigenvalue weighted by Gasteiger charge is -2.25. The third-order valence-corrected chi connectivity index (χ3v) is 7.32. The number of nitrogens with one attached hydrogen (secondary N) is 3. The van der Waals surface area contributed by atoms with Crippen molar-refractivity contribution in [2.75, 3.05) is 19.6 Å². The van der Waals surface area contributed by atoms with Crippen molar-refractivity contribution in [3.8, 4) is 0 Å². The zero-order chi connectivity index (χ0) is 27.2. The number of benzene rings is 3. The van der Waals surface area contributed by atoms with E-state index in [2.05, 4.69) is 29.8 Å². The Kier molecular flexibility index (Phi) is 9.91. The van der Waals surface area contributed by atoms with E-state index in [-0.39, 0.29) is 23.9 Å². The van der Waals surface area contributed by atoms with Gasteiger partial charge in [0.15, 0.2) is 0 Å². The van der Waals surface area contributed by atoms with Crippen LogP contribution in [0.4, 0.5) is 0 Å². The average Bonchev–Trinajstić information content (AvgIpc) is 3.00. The predicted molar refractivity (Wildman–Crippen MR) is 156 cm³/mol. The van der Waals surface area contributed by atoms with Crippen LogP contribution in [0.2, 0.25) is 15.1 Å². The number of amides is 2. The van der Waals surface area contributed by atoms with Gasteiger partial charge in [-0.05, 0) is 78.2 Å². The maximum atomic E-state index is 13.5. The first-order chi connectivity index (χ1) is 18.2. The minimum absolute atomic E-state index is 0.0358. The number of rotatable bonds is 9. The molecule has 2 unspecified atom stereocenters. The van der Waals surface area contributed by atoms with Crippen LogP contribution >= 0.6 is 34.8 Å². The van der Waals surface area contributed by atoms with Crippen LogP contribution in [0.5, 0.6) is 0 Å². The number of nitrogens with zero attached hydrogens (tertiary/aromatic N) is 1. The summed E-state index contributed by atoms with van der Waals surface area (Å²) in [6.45, 7) is 6.26. The topological polar surface area (TPSA) is 73.5 Å². The molecule has 3 aromatic carbocycles. The van der Waals surface area contributed by atoms with E-state index in [0.29, 0.717) is 65.7 Å². The highest BCUT2D eigenvalue weighted by atomic mass is 35.5. The second-order valence-corrected chi connectivity index (χ2v) is 11.4. The number of halogens is 3. The van der Waals surface area contributed by atoms with Gasteiger partial charge in [-0.15, -0.1) is 0 Å². The maximum Gasteiger partial charge on any atom is 0.251 e. The molecule has 2 amide bonds. The molecule has 1 aliphatic heterocycles. The van der Waals surface area contributed by atoms with Crippen LogP contribution in [0.3, 0.4) is 0 Å². The lowest BCUT2D eigenvalue weighted by molar-refractivity contribution is -0.133. The van der Waals surface area contributed by atoms with E-state index in [4.69, 9.17) is 34.8 Å². The first kappa shape index (κ1) is 28.7. The van der Waals surface area contributed by atoms with Crippen molar-refractivity contribution in [1.29, 1.82) is 0 Å². The molecule has 1 heterocycles. The number of fused-ring (bicyclic) bond motifs is 1. The van der Waals surface area contributed by atoms with E-state index in [1.807, 2.05) is 47.4 Å². The van der Waals surface area contributed by atoms with E-state index in [1.54, 1.807) is 12.1 Å². The fraction of sp³-hybridized carbons (Fsp3) is 0.379. The van der Waals surface area contributed by atoms with Crippen molar-refractivity contribution < 1.29 is 9.59 Å². The van der Waals surface area contributed by atoms with Gasteiger partial charge in [-0.3, -0.25) is 9.59 Å². The van der Waals surface area contributed by atoms with E-state index in [0.717, 1.165) is 16.3 Å². The van der Waals surface area contributed by atoms with Gasteiger partial charge in [0.1, 0.15) is 0 Å². The summed E-state index contributed by atoms with van der Waals surface area (Å²) in [5, 5.41) is 13.6. The molecule has 0 spiro atoms. The molecule has 9 heteroatoms. The van der Waals surface area contributed by atoms with Crippen LogP contribution in [0.1, 0.15) is 42.6 Å². The molecule has 0 bridgehead atoms. The molecule has 0 saturated carbocycles. The van der Waals surface area contributed by atoms with E-state index in [1.165, 1.54) is 0 Å². The van der Waals surface area contributed by atoms with Crippen LogP contribution in [0.15, 0.2) is 54.6 Å². The van der Waals surface area contributed by atoms with Crippen LogP contribution in [0.25, 0.3) is 10.8 Å². The highest BCUT2D eigenvalue weighted by Gasteiger charge is 2.31. The average molecular weight is 576 g/mol. The van der Waals surface area contributed by atoms with Gasteiger partial charge in [-0.1, -0.05) is 60.8 Å². The van der Waals surface area contributed by atoms with Gasteiger partial charge in [0.25, 0.3) is 5.91 Å². The predicted octanol–water partition coefficient (Wildman–Crippen LogP) is 5.68. The van der Waals surface area contributed by atoms with Gasteiger partial charge in [0.2, 0.25) is 5.91 Å². The van der Waals surface area contributed by atoms with Gasteiger partial charge in [-0.25, -0.2) is 0 Å². The SMILES string of the molecule is CC(C)NCCC1NC(CNC(=O)c2ccc3cc(Cl)ccc3c2)CCN(Cc2cc(Cl)cc(Cl)c2)C1=O. The molecule has 0 aliphatic carbocycles. The largest absolute Gasteiger partial charge is 0.350 e. The van der Waals surface area contributed by atoms with Crippen LogP contribution in [-0.4, -0.2) is 54.5 Å². The molecule has 4 rings (SSSR count). The first-order valence-corrected chi connectivity index (χ1v) is 14.0. The molecule has 38 heavy (non-hydrogen) atoms. The maximum absolute atomic E-state index is 13.5. The molecule has 1 saturated heterocycles. The third kappa shape index (κ3) is 7.84. The summed E-state index contributed by atoms with van der Waals surface area (Å²) < 4.78 is 0. The Morgan fingerprint density at radius 2 is 1.71 bits per heavy atom. The summed E-state index contributed by atoms with van der Waals surface area (Å²) in [7, 11) is 0. The summed E-state index contributed by atoms with van der Waals surface area (Å²) in [5.74, 6) is -0.114. The molecule has 3 N–H and O–H groups in total. The summed E-state index contributed by atoms with van der Waals surface area (Å²) >= 11 is 18.5. The lowest BCUT2D eigenvalue weighted by atomic mass is 10.1. The van der Waals surface area contributed by atoms with Crippen molar-refractivity contribution in [2.45, 2.75) is 51.4 Å². The molecule has 1 fully saturated rings. The minimum atomic E-state index is -0.370. The van der Waals surface area contributed by atoms with Gasteiger partial charge >= 0.3 is 0 Å². The number of carbonyl (C=O) groups excluding carboxylic acids is 2. The monoisotopic (exact) mass is 574 g/mol. The Morgan fingerprint density at radius 3 is 2.45 bits per heavy atom. The standard InChI is InChI=1S/C29H33Cl3N4O2/c1-18(2)33-9-7-27-29(38)36(17-19-11-24(31)15-25(32)12-19)10-8-26(35-27)16-34-28(37)22-4-3-21-14-23(30)6-5-20(21)13-22/h3-6,11-15,18,26-27,33,35H,7-10,16-17H2,1-2H3,(H,34,37). The molecule has 1 aliphatic rings. The summed E-state index contributed by atoms with van der Waals surface area (Å²) in [6.07, 6.45) is 1.34. The zero-order valence-corrected chi connectivity index (χ0v) is 23.8. The summed E-state index contributed by atoms with van der Waals surface area (Å²) in [4.78, 5) is 28.3. The van der Waals surface area contributed by atoms with Crippen LogP contribution in [0, 0.1) is 0 Å². The van der Waals surface area contributed by atoms with Crippen molar-refractivity contribution in [3.63, 3.8) is 0 Å². The fourth-order valence-corrected chi connectivity index (χ4v) is 5.47. The van der Waals surface area contributed by atoms with Crippen molar-refractivity contribution in [3.05, 3.63) is 80.8 Å². The van der Waals surface area contributed by atoms with E-state index < -0.39 is 0 Å². The molecule has 0 aromatic heterocycles. The van der Waals surface area contributed by atoms with Gasteiger partial charge < -0.3 is 20.9 Å². The quantitative estimate of drug-likeness (QED) is 0.307. The number of hydrogen-bond acceptors (Lipinski definition) is 4. The van der Waals surface area contributed by atoms with Crippen molar-refractivity contribution in [2.24, 2.45) is 0 Å². The van der Waals surface area contributed by atoms with Crippen LogP contribution in [-0.2, 0) is 11.3 Å². The fourth-order valence-electron chi connectivity index (χ4n) is 4.72. The minimum Gasteiger partial charge on any atom is -0.350 e. The molecular weight excluding hydrogens is 543 g/mol. The molecule has 3 aromatic rings. The first-order valence-electron chi connectivity index (χ1n) is 12.9. The molecular formula is C29H33Cl3N4O2. The van der Waals surface area contributed by atoms with E-state index >= 15 is 0 Å². The molecule has 202 valence electrons. The Bertz CT molecular complexity index is 1280. The zero-order valence-electron chi connectivity index (χ0n) is 21.6. The molecule has 6 nitrogen and oxygen atoms in total. The van der Waals surface area contributed by atoms with Gasteiger partial charge in [-0.2, -0.15) is 0 Å². The van der Waals surface area contributed by atoms with Crippen molar-refractivity contribution in [1.82, 2.24) is 20.9 Å². The van der Waals surface area contributed by atoms with Gasteiger partial charge in [0.05, 0.1) is 6.04 Å². The third-order valence-electron chi connectivity index (χ3n) is 6.65. The smallest absolute Gasteiger partial charge is 0.251 e. The second-order valence-electron chi connectivity index (χ2n) is 10.1. The van der Waals surface area contributed by atoms with E-state index in [9.17, 15) is 9.59 Å². The normalized spacial score (nSPS) is 18.2. The van der Waals surface area contributed by atoms with Crippen LogP contribution < -0.4 is 16.0 Å². The molecule has 0 radical (unpaired) electrons. The second kappa shape index (κ2) is 13.1. The highest BCUT2D eigenvalue weighted by Crippen LogP contribution is 2.22. The summed E-state index contributed by atoms with van der Waals surface area (Å²) in [5.41, 5.74) is 1.47. The molecule has 2 atom stereocenters. The Morgan fingerprint density at radius 1 is 1.00 bits per heavy atom. The highest BCUT2D eigenvalue weighted by molar-refractivity contribution is 6.34. The number of hydrogen-bond donors (Lipinski definition) is 3.